The number of rotatable bonds is 5. The Balaban J connectivity index is 1.69. The number of piperidine rings is 1. The van der Waals surface area contributed by atoms with E-state index < -0.39 is 36.9 Å². The van der Waals surface area contributed by atoms with Gasteiger partial charge in [-0.1, -0.05) is 23.7 Å². The van der Waals surface area contributed by atoms with Crippen molar-refractivity contribution in [3.8, 4) is 0 Å². The van der Waals surface area contributed by atoms with E-state index in [1.54, 1.807) is 24.3 Å². The molecule has 1 aromatic carbocycles. The summed E-state index contributed by atoms with van der Waals surface area (Å²) in [4.78, 5) is 25.1. The van der Waals surface area contributed by atoms with E-state index in [1.807, 2.05) is 0 Å². The van der Waals surface area contributed by atoms with Crippen molar-refractivity contribution in [3.63, 3.8) is 0 Å². The largest absolute Gasteiger partial charge is 0.434 e. The Hall–Kier alpha value is -2.00. The number of alkyl halides is 3. The van der Waals surface area contributed by atoms with Crippen LogP contribution in [0.25, 0.3) is 0 Å². The number of amides is 2. The average molecular weight is 420 g/mol. The number of nitrogens with zero attached hydrogens (tertiary/aromatic N) is 1. The van der Waals surface area contributed by atoms with E-state index in [4.69, 9.17) is 16.3 Å². The van der Waals surface area contributed by atoms with E-state index in [-0.39, 0.29) is 12.5 Å². The zero-order valence-corrected chi connectivity index (χ0v) is 15.7. The van der Waals surface area contributed by atoms with Crippen LogP contribution in [0.15, 0.2) is 24.3 Å². The first-order valence-electron chi connectivity index (χ1n) is 9.01. The Morgan fingerprint density at radius 1 is 1.29 bits per heavy atom. The molecule has 2 aliphatic heterocycles. The zero-order valence-electron chi connectivity index (χ0n) is 15.0. The zero-order chi connectivity index (χ0) is 20.3. The summed E-state index contributed by atoms with van der Waals surface area (Å²) >= 11 is 5.94. The summed E-state index contributed by atoms with van der Waals surface area (Å²) < 4.78 is 42.8. The molecular formula is C18H21ClF3N3O3. The van der Waals surface area contributed by atoms with Crippen molar-refractivity contribution in [2.45, 2.75) is 31.2 Å². The Bertz CT molecular complexity index is 706. The Kier molecular flexibility index (Phi) is 6.34. The molecule has 2 aliphatic rings. The lowest BCUT2D eigenvalue weighted by Gasteiger charge is -2.37. The second-order valence-electron chi connectivity index (χ2n) is 7.04. The van der Waals surface area contributed by atoms with Gasteiger partial charge in [-0.15, -0.1) is 0 Å². The van der Waals surface area contributed by atoms with Gasteiger partial charge in [0, 0.05) is 5.02 Å². The molecule has 2 atom stereocenters. The van der Waals surface area contributed by atoms with Crippen LogP contribution in [0.5, 0.6) is 0 Å². The number of halogens is 4. The van der Waals surface area contributed by atoms with E-state index >= 15 is 0 Å². The summed E-state index contributed by atoms with van der Waals surface area (Å²) in [5.74, 6) is -0.476. The summed E-state index contributed by atoms with van der Waals surface area (Å²) in [5.41, 5.74) is 0.810. The molecule has 2 heterocycles. The topological polar surface area (TPSA) is 70.7 Å². The van der Waals surface area contributed by atoms with Crippen LogP contribution in [0.3, 0.4) is 0 Å². The van der Waals surface area contributed by atoms with Gasteiger partial charge in [-0.2, -0.15) is 13.2 Å². The second-order valence-corrected chi connectivity index (χ2v) is 7.48. The van der Waals surface area contributed by atoms with E-state index in [0.717, 1.165) is 5.56 Å². The summed E-state index contributed by atoms with van der Waals surface area (Å²) in [6, 6.07) is 6.57. The van der Waals surface area contributed by atoms with Crippen molar-refractivity contribution in [2.24, 2.45) is 5.92 Å². The first kappa shape index (κ1) is 20.7. The highest BCUT2D eigenvalue weighted by atomic mass is 35.5. The van der Waals surface area contributed by atoms with Crippen molar-refractivity contribution >= 4 is 23.6 Å². The quantitative estimate of drug-likeness (QED) is 0.770. The number of carbonyl (C=O) groups is 2. The van der Waals surface area contributed by atoms with Gasteiger partial charge in [-0.3, -0.25) is 9.69 Å². The standard InChI is InChI=1S/C18H21ClF3N3O3/c19-13-3-1-11(2-4-13)15(24-16(26)14-9-23-17(27)28-14)12-5-7-25(8-6-12)10-18(20,21)22/h1-4,12,14-15H,5-10H2,(H,23,27)(H,24,26)/t14?,15-/m1/s1. The number of hydrogen-bond donors (Lipinski definition) is 2. The van der Waals surface area contributed by atoms with Crippen molar-refractivity contribution in [2.75, 3.05) is 26.2 Å². The Labute approximate surface area is 165 Å². The minimum absolute atomic E-state index is 0.0420. The smallest absolute Gasteiger partial charge is 0.408 e. The van der Waals surface area contributed by atoms with Crippen LogP contribution in [0.4, 0.5) is 18.0 Å². The normalized spacial score (nSPS) is 22.4. The van der Waals surface area contributed by atoms with Gasteiger partial charge in [0.2, 0.25) is 0 Å². The maximum absolute atomic E-state index is 12.6. The molecule has 2 fully saturated rings. The van der Waals surface area contributed by atoms with Gasteiger partial charge >= 0.3 is 12.3 Å². The fourth-order valence-corrected chi connectivity index (χ4v) is 3.75. The fraction of sp³-hybridized carbons (Fsp3) is 0.556. The van der Waals surface area contributed by atoms with Gasteiger partial charge in [0.25, 0.3) is 5.91 Å². The van der Waals surface area contributed by atoms with Gasteiger partial charge in [-0.25, -0.2) is 4.79 Å². The minimum atomic E-state index is -4.23. The van der Waals surface area contributed by atoms with Crippen molar-refractivity contribution in [1.82, 2.24) is 15.5 Å². The van der Waals surface area contributed by atoms with Gasteiger partial charge in [0.05, 0.1) is 19.1 Å². The number of benzene rings is 1. The molecule has 0 radical (unpaired) electrons. The highest BCUT2D eigenvalue weighted by molar-refractivity contribution is 6.30. The number of carbonyl (C=O) groups excluding carboxylic acids is 2. The van der Waals surface area contributed by atoms with Gasteiger partial charge < -0.3 is 15.4 Å². The van der Waals surface area contributed by atoms with Gasteiger partial charge in [-0.05, 0) is 49.5 Å². The lowest BCUT2D eigenvalue weighted by atomic mass is 9.85. The van der Waals surface area contributed by atoms with Crippen LogP contribution in [-0.2, 0) is 9.53 Å². The number of nitrogens with one attached hydrogen (secondary N) is 2. The fourth-order valence-electron chi connectivity index (χ4n) is 3.62. The van der Waals surface area contributed by atoms with E-state index in [9.17, 15) is 22.8 Å². The molecule has 28 heavy (non-hydrogen) atoms. The molecule has 1 unspecified atom stereocenters. The van der Waals surface area contributed by atoms with Crippen LogP contribution in [0.1, 0.15) is 24.4 Å². The molecule has 0 aromatic heterocycles. The Morgan fingerprint density at radius 3 is 2.46 bits per heavy atom. The third-order valence-corrected chi connectivity index (χ3v) is 5.26. The van der Waals surface area contributed by atoms with E-state index in [2.05, 4.69) is 10.6 Å². The van der Waals surface area contributed by atoms with Gasteiger partial charge in [0.1, 0.15) is 0 Å². The maximum Gasteiger partial charge on any atom is 0.408 e. The highest BCUT2D eigenvalue weighted by Gasteiger charge is 2.36. The van der Waals surface area contributed by atoms with Crippen molar-refractivity contribution < 1.29 is 27.5 Å². The predicted octanol–water partition coefficient (Wildman–Crippen LogP) is 2.88. The molecule has 0 spiro atoms. The summed E-state index contributed by atoms with van der Waals surface area (Å²) in [7, 11) is 0. The highest BCUT2D eigenvalue weighted by Crippen LogP contribution is 2.32. The number of alkyl carbamates (subject to hydrolysis) is 1. The monoisotopic (exact) mass is 419 g/mol. The van der Waals surface area contributed by atoms with Crippen LogP contribution in [0, 0.1) is 5.92 Å². The third-order valence-electron chi connectivity index (χ3n) is 5.01. The molecule has 2 N–H and O–H groups in total. The molecule has 0 saturated carbocycles. The average Bonchev–Trinajstić information content (AvgIpc) is 3.06. The van der Waals surface area contributed by atoms with Crippen molar-refractivity contribution in [3.05, 3.63) is 34.9 Å². The molecule has 6 nitrogen and oxygen atoms in total. The van der Waals surface area contributed by atoms with Crippen molar-refractivity contribution in [1.29, 1.82) is 0 Å². The molecule has 0 aliphatic carbocycles. The molecule has 2 saturated heterocycles. The molecule has 0 bridgehead atoms. The summed E-state index contributed by atoms with van der Waals surface area (Å²) in [6.07, 6.45) is -4.79. The molecule has 154 valence electrons. The van der Waals surface area contributed by atoms with Crippen LogP contribution in [-0.4, -0.2) is 55.4 Å². The van der Waals surface area contributed by atoms with Crippen LogP contribution < -0.4 is 10.6 Å². The molecule has 10 heteroatoms. The first-order valence-corrected chi connectivity index (χ1v) is 9.38. The van der Waals surface area contributed by atoms with E-state index in [0.29, 0.717) is 31.0 Å². The van der Waals surface area contributed by atoms with Gasteiger partial charge in [0.15, 0.2) is 6.10 Å². The number of likely N-dealkylation sites (tertiary alicyclic amines) is 1. The third kappa shape index (κ3) is 5.51. The summed E-state index contributed by atoms with van der Waals surface area (Å²) in [6.45, 7) is -0.252. The molecular weight excluding hydrogens is 399 g/mol. The van der Waals surface area contributed by atoms with Crippen LogP contribution in [0.2, 0.25) is 5.02 Å². The maximum atomic E-state index is 12.6. The second kappa shape index (κ2) is 8.57. The minimum Gasteiger partial charge on any atom is -0.434 e. The first-order chi connectivity index (χ1) is 13.2. The Morgan fingerprint density at radius 2 is 1.93 bits per heavy atom. The molecule has 3 rings (SSSR count). The lowest BCUT2D eigenvalue weighted by Crippen LogP contribution is -2.46. The summed E-state index contributed by atoms with van der Waals surface area (Å²) in [5, 5.41) is 5.88. The molecule has 2 amide bonds. The lowest BCUT2D eigenvalue weighted by molar-refractivity contribution is -0.149. The van der Waals surface area contributed by atoms with Crippen LogP contribution >= 0.6 is 11.6 Å². The van der Waals surface area contributed by atoms with E-state index in [1.165, 1.54) is 4.90 Å². The number of hydrogen-bond acceptors (Lipinski definition) is 4. The SMILES string of the molecule is O=C1NCC(C(=O)N[C@H](c2ccc(Cl)cc2)C2CCN(CC(F)(F)F)CC2)O1. The predicted molar refractivity (Wildman–Crippen MR) is 95.8 cm³/mol. The number of ether oxygens (including phenoxy) is 1. The number of cyclic esters (lactones) is 1. The molecule has 1 aromatic rings.